The summed E-state index contributed by atoms with van der Waals surface area (Å²) in [7, 11) is 1.60. The van der Waals surface area contributed by atoms with Crippen LogP contribution in [-0.4, -0.2) is 31.2 Å². The summed E-state index contributed by atoms with van der Waals surface area (Å²) in [4.78, 5) is 24.5. The van der Waals surface area contributed by atoms with Crippen LogP contribution in [0.25, 0.3) is 0 Å². The Labute approximate surface area is 159 Å². The van der Waals surface area contributed by atoms with Crippen molar-refractivity contribution in [2.75, 3.05) is 7.11 Å². The van der Waals surface area contributed by atoms with Crippen molar-refractivity contribution in [2.45, 2.75) is 39.0 Å². The number of methoxy groups -OCH3 is 1. The fourth-order valence-electron chi connectivity index (χ4n) is 2.34. The number of esters is 1. The highest BCUT2D eigenvalue weighted by molar-refractivity contribution is 5.84. The van der Waals surface area contributed by atoms with Crippen molar-refractivity contribution in [2.24, 2.45) is 0 Å². The van der Waals surface area contributed by atoms with E-state index in [0.29, 0.717) is 18.7 Å². The molecule has 0 unspecified atom stereocenters. The van der Waals surface area contributed by atoms with Gasteiger partial charge in [0.25, 0.3) is 5.91 Å². The summed E-state index contributed by atoms with van der Waals surface area (Å²) >= 11 is 0. The Hall–Kier alpha value is -3.02. The van der Waals surface area contributed by atoms with Gasteiger partial charge in [-0.15, -0.1) is 0 Å². The van der Waals surface area contributed by atoms with Gasteiger partial charge in [0.2, 0.25) is 0 Å². The third-order valence-corrected chi connectivity index (χ3v) is 3.94. The lowest BCUT2D eigenvalue weighted by Gasteiger charge is -2.19. The molecule has 0 fully saturated rings. The number of hydrogen-bond acceptors (Lipinski definition) is 5. The highest BCUT2D eigenvalue weighted by Crippen LogP contribution is 2.14. The monoisotopic (exact) mass is 371 g/mol. The molecule has 2 atom stereocenters. The summed E-state index contributed by atoms with van der Waals surface area (Å²) in [5.74, 6) is 0.400. The van der Waals surface area contributed by atoms with Crippen molar-refractivity contribution < 1.29 is 23.8 Å². The maximum absolute atomic E-state index is 12.3. The average molecular weight is 371 g/mol. The van der Waals surface area contributed by atoms with Crippen molar-refractivity contribution in [3.05, 3.63) is 60.2 Å². The van der Waals surface area contributed by atoms with Gasteiger partial charge in [0, 0.05) is 6.54 Å². The van der Waals surface area contributed by atoms with E-state index >= 15 is 0 Å². The van der Waals surface area contributed by atoms with Crippen molar-refractivity contribution in [1.82, 2.24) is 5.32 Å². The zero-order valence-electron chi connectivity index (χ0n) is 15.8. The molecule has 0 spiro atoms. The van der Waals surface area contributed by atoms with Crippen LogP contribution in [0, 0.1) is 0 Å². The van der Waals surface area contributed by atoms with E-state index in [-0.39, 0.29) is 5.91 Å². The molecule has 0 saturated carbocycles. The van der Waals surface area contributed by atoms with Crippen LogP contribution in [-0.2, 0) is 20.9 Å². The van der Waals surface area contributed by atoms with Gasteiger partial charge in [0.15, 0.2) is 12.2 Å². The zero-order chi connectivity index (χ0) is 19.6. The van der Waals surface area contributed by atoms with Crippen molar-refractivity contribution in [3.63, 3.8) is 0 Å². The third-order valence-electron chi connectivity index (χ3n) is 3.94. The lowest BCUT2D eigenvalue weighted by molar-refractivity contribution is -0.161. The minimum atomic E-state index is -0.913. The second-order valence-electron chi connectivity index (χ2n) is 5.97. The molecular weight excluding hydrogens is 346 g/mol. The Morgan fingerprint density at radius 3 is 2.26 bits per heavy atom. The molecule has 0 aliphatic heterocycles. The molecule has 0 radical (unpaired) electrons. The smallest absolute Gasteiger partial charge is 0.348 e. The molecule has 1 amide bonds. The standard InChI is InChI=1S/C21H25NO5/c1-4-19(27-18-8-6-5-7-9-18)21(24)26-15(2)20(23)22-14-16-10-12-17(25-3)13-11-16/h5-13,15,19H,4,14H2,1-3H3,(H,22,23)/t15-,19-/m0/s1. The molecule has 2 aromatic carbocycles. The largest absolute Gasteiger partial charge is 0.497 e. The molecule has 0 aliphatic carbocycles. The quantitative estimate of drug-likeness (QED) is 0.686. The van der Waals surface area contributed by atoms with E-state index in [1.807, 2.05) is 49.4 Å². The van der Waals surface area contributed by atoms with Gasteiger partial charge in [0.05, 0.1) is 7.11 Å². The highest BCUT2D eigenvalue weighted by atomic mass is 16.6. The first-order valence-electron chi connectivity index (χ1n) is 8.86. The SMILES string of the molecule is CC[C@H](Oc1ccccc1)C(=O)O[C@@H](C)C(=O)NCc1ccc(OC)cc1. The molecule has 6 heteroatoms. The Balaban J connectivity index is 1.83. The number of carbonyl (C=O) groups is 2. The number of nitrogens with one attached hydrogen (secondary N) is 1. The summed E-state index contributed by atoms with van der Waals surface area (Å²) in [6.07, 6.45) is -1.23. The van der Waals surface area contributed by atoms with E-state index in [2.05, 4.69) is 5.32 Å². The number of amides is 1. The van der Waals surface area contributed by atoms with E-state index in [9.17, 15) is 9.59 Å². The highest BCUT2D eigenvalue weighted by Gasteiger charge is 2.25. The second kappa shape index (κ2) is 10.2. The molecular formula is C21H25NO5. The molecule has 27 heavy (non-hydrogen) atoms. The molecule has 0 heterocycles. The maximum atomic E-state index is 12.3. The van der Waals surface area contributed by atoms with E-state index in [1.165, 1.54) is 6.92 Å². The van der Waals surface area contributed by atoms with Crippen molar-refractivity contribution in [1.29, 1.82) is 0 Å². The first-order valence-corrected chi connectivity index (χ1v) is 8.86. The first-order chi connectivity index (χ1) is 13.0. The van der Waals surface area contributed by atoms with Gasteiger partial charge in [-0.3, -0.25) is 4.79 Å². The number of carbonyl (C=O) groups excluding carboxylic acids is 2. The number of para-hydroxylation sites is 1. The summed E-state index contributed by atoms with van der Waals surface area (Å²) in [6, 6.07) is 16.4. The van der Waals surface area contributed by atoms with E-state index in [0.717, 1.165) is 11.3 Å². The summed E-state index contributed by atoms with van der Waals surface area (Å²) in [5.41, 5.74) is 0.918. The molecule has 144 valence electrons. The van der Waals surface area contributed by atoms with Gasteiger partial charge in [-0.2, -0.15) is 0 Å². The van der Waals surface area contributed by atoms with Crippen LogP contribution in [0.3, 0.4) is 0 Å². The fraction of sp³-hybridized carbons (Fsp3) is 0.333. The van der Waals surface area contributed by atoms with E-state index in [1.54, 1.807) is 19.2 Å². The summed E-state index contributed by atoms with van der Waals surface area (Å²) in [6.45, 7) is 3.70. The van der Waals surface area contributed by atoms with E-state index in [4.69, 9.17) is 14.2 Å². The Morgan fingerprint density at radius 2 is 1.67 bits per heavy atom. The van der Waals surface area contributed by atoms with Crippen molar-refractivity contribution in [3.8, 4) is 11.5 Å². The molecule has 0 aromatic heterocycles. The van der Waals surface area contributed by atoms with Gasteiger partial charge >= 0.3 is 5.97 Å². The number of hydrogen-bond donors (Lipinski definition) is 1. The molecule has 6 nitrogen and oxygen atoms in total. The first kappa shape index (κ1) is 20.3. The third kappa shape index (κ3) is 6.33. The Morgan fingerprint density at radius 1 is 1.00 bits per heavy atom. The summed E-state index contributed by atoms with van der Waals surface area (Å²) < 4.78 is 16.0. The van der Waals surface area contributed by atoms with Crippen LogP contribution >= 0.6 is 0 Å². The van der Waals surface area contributed by atoms with Gasteiger partial charge in [-0.25, -0.2) is 4.79 Å². The Bertz CT molecular complexity index is 730. The fourth-order valence-corrected chi connectivity index (χ4v) is 2.34. The van der Waals surface area contributed by atoms with Crippen LogP contribution in [0.5, 0.6) is 11.5 Å². The van der Waals surface area contributed by atoms with Crippen LogP contribution in [0.4, 0.5) is 0 Å². The number of benzene rings is 2. The zero-order valence-corrected chi connectivity index (χ0v) is 15.8. The Kier molecular flexibility index (Phi) is 7.67. The predicted octanol–water partition coefficient (Wildman–Crippen LogP) is 3.10. The van der Waals surface area contributed by atoms with Gasteiger partial charge in [0.1, 0.15) is 11.5 Å². The molecule has 1 N–H and O–H groups in total. The van der Waals surface area contributed by atoms with Crippen LogP contribution in [0.2, 0.25) is 0 Å². The predicted molar refractivity (Wildman–Crippen MR) is 102 cm³/mol. The number of ether oxygens (including phenoxy) is 3. The minimum Gasteiger partial charge on any atom is -0.497 e. The van der Waals surface area contributed by atoms with Crippen LogP contribution < -0.4 is 14.8 Å². The van der Waals surface area contributed by atoms with Gasteiger partial charge in [-0.1, -0.05) is 37.3 Å². The minimum absolute atomic E-state index is 0.336. The van der Waals surface area contributed by atoms with Crippen LogP contribution in [0.15, 0.2) is 54.6 Å². The molecule has 0 aliphatic rings. The molecule has 0 saturated heterocycles. The lowest BCUT2D eigenvalue weighted by atomic mass is 10.2. The van der Waals surface area contributed by atoms with E-state index < -0.39 is 18.2 Å². The van der Waals surface area contributed by atoms with Gasteiger partial charge in [-0.05, 0) is 43.2 Å². The second-order valence-corrected chi connectivity index (χ2v) is 5.97. The maximum Gasteiger partial charge on any atom is 0.348 e. The normalized spacial score (nSPS) is 12.6. The molecule has 2 aromatic rings. The molecule has 0 bridgehead atoms. The van der Waals surface area contributed by atoms with Gasteiger partial charge < -0.3 is 19.5 Å². The van der Waals surface area contributed by atoms with Crippen molar-refractivity contribution >= 4 is 11.9 Å². The topological polar surface area (TPSA) is 73.9 Å². The lowest BCUT2D eigenvalue weighted by Crippen LogP contribution is -2.39. The number of rotatable bonds is 9. The van der Waals surface area contributed by atoms with Crippen LogP contribution in [0.1, 0.15) is 25.8 Å². The average Bonchev–Trinajstić information content (AvgIpc) is 2.71. The molecule has 2 rings (SSSR count). The summed E-state index contributed by atoms with van der Waals surface area (Å²) in [5, 5.41) is 2.75.